The molecule has 1 aromatic rings. The van der Waals surface area contributed by atoms with Crippen molar-refractivity contribution in [1.29, 1.82) is 0 Å². The van der Waals surface area contributed by atoms with Crippen LogP contribution in [0.1, 0.15) is 11.1 Å². The zero-order chi connectivity index (χ0) is 14.5. The lowest BCUT2D eigenvalue weighted by atomic mass is 10.0. The summed E-state index contributed by atoms with van der Waals surface area (Å²) in [5, 5.41) is 3.03. The normalized spacial score (nSPS) is 19.1. The molecule has 0 saturated carbocycles. The summed E-state index contributed by atoms with van der Waals surface area (Å²) in [7, 11) is 0. The lowest BCUT2D eigenvalue weighted by Gasteiger charge is -2.30. The molecule has 1 aromatic carbocycles. The van der Waals surface area contributed by atoms with Gasteiger partial charge in [0, 0.05) is 39.3 Å². The van der Waals surface area contributed by atoms with Crippen LogP contribution in [-0.4, -0.2) is 61.8 Å². The molecule has 0 spiro atoms. The van der Waals surface area contributed by atoms with Gasteiger partial charge in [0.25, 0.3) is 0 Å². The first-order valence-corrected chi connectivity index (χ1v) is 7.72. The topological polar surface area (TPSA) is 44.8 Å². The highest BCUT2D eigenvalue weighted by Gasteiger charge is 2.20. The van der Waals surface area contributed by atoms with Gasteiger partial charge in [-0.1, -0.05) is 24.3 Å². The molecule has 0 atom stereocenters. The Morgan fingerprint density at radius 3 is 2.71 bits per heavy atom. The van der Waals surface area contributed by atoms with Crippen molar-refractivity contribution in [2.45, 2.75) is 13.0 Å². The van der Waals surface area contributed by atoms with Crippen LogP contribution < -0.4 is 5.32 Å². The van der Waals surface area contributed by atoms with E-state index in [1.165, 1.54) is 11.1 Å². The van der Waals surface area contributed by atoms with Gasteiger partial charge >= 0.3 is 6.03 Å². The monoisotopic (exact) mass is 289 g/mol. The molecule has 0 unspecified atom stereocenters. The maximum absolute atomic E-state index is 12.2. The van der Waals surface area contributed by atoms with Crippen molar-refractivity contribution in [3.05, 3.63) is 35.4 Å². The standard InChI is InChI=1S/C16H23N3O2/c20-16(17-6-8-18-9-11-21-12-10-18)19-7-5-14-3-1-2-4-15(14)13-19/h1-4H,5-13H2,(H,17,20). The Kier molecular flexibility index (Phi) is 4.72. The van der Waals surface area contributed by atoms with Crippen LogP contribution in [-0.2, 0) is 17.7 Å². The van der Waals surface area contributed by atoms with Crippen LogP contribution in [0.3, 0.4) is 0 Å². The van der Waals surface area contributed by atoms with Crippen molar-refractivity contribution in [3.8, 4) is 0 Å². The van der Waals surface area contributed by atoms with E-state index in [0.29, 0.717) is 6.54 Å². The van der Waals surface area contributed by atoms with Crippen molar-refractivity contribution in [2.24, 2.45) is 0 Å². The van der Waals surface area contributed by atoms with Crippen molar-refractivity contribution >= 4 is 6.03 Å². The van der Waals surface area contributed by atoms with Crippen LogP contribution >= 0.6 is 0 Å². The van der Waals surface area contributed by atoms with Gasteiger partial charge in [-0.25, -0.2) is 4.79 Å². The number of hydrogen-bond donors (Lipinski definition) is 1. The van der Waals surface area contributed by atoms with Crippen molar-refractivity contribution in [2.75, 3.05) is 45.9 Å². The number of hydrogen-bond acceptors (Lipinski definition) is 3. The number of morpholine rings is 1. The quantitative estimate of drug-likeness (QED) is 0.906. The number of amides is 2. The number of benzene rings is 1. The molecule has 0 radical (unpaired) electrons. The first-order valence-electron chi connectivity index (χ1n) is 7.72. The molecule has 0 aromatic heterocycles. The molecule has 21 heavy (non-hydrogen) atoms. The number of carbonyl (C=O) groups is 1. The molecule has 5 nitrogen and oxygen atoms in total. The number of carbonyl (C=O) groups excluding carboxylic acids is 1. The van der Waals surface area contributed by atoms with E-state index in [4.69, 9.17) is 4.74 Å². The number of ether oxygens (including phenoxy) is 1. The van der Waals surface area contributed by atoms with Crippen LogP contribution in [0, 0.1) is 0 Å². The minimum Gasteiger partial charge on any atom is -0.379 e. The second kappa shape index (κ2) is 6.91. The number of fused-ring (bicyclic) bond motifs is 1. The molecule has 0 aliphatic carbocycles. The van der Waals surface area contributed by atoms with Crippen LogP contribution in [0.4, 0.5) is 4.79 Å². The molecule has 1 saturated heterocycles. The second-order valence-corrected chi connectivity index (χ2v) is 5.63. The fraction of sp³-hybridized carbons (Fsp3) is 0.562. The Morgan fingerprint density at radius 2 is 1.90 bits per heavy atom. The summed E-state index contributed by atoms with van der Waals surface area (Å²) in [4.78, 5) is 16.5. The molecule has 2 aliphatic rings. The Hall–Kier alpha value is -1.59. The molecular formula is C16H23N3O2. The number of nitrogens with zero attached hydrogens (tertiary/aromatic N) is 2. The highest BCUT2D eigenvalue weighted by atomic mass is 16.5. The van der Waals surface area contributed by atoms with E-state index in [0.717, 1.165) is 52.4 Å². The first kappa shape index (κ1) is 14.4. The molecular weight excluding hydrogens is 266 g/mol. The lowest BCUT2D eigenvalue weighted by molar-refractivity contribution is 0.0385. The molecule has 1 fully saturated rings. The fourth-order valence-electron chi connectivity index (χ4n) is 2.93. The maximum Gasteiger partial charge on any atom is 0.317 e. The van der Waals surface area contributed by atoms with Gasteiger partial charge in [0.05, 0.1) is 13.2 Å². The summed E-state index contributed by atoms with van der Waals surface area (Å²) in [5.74, 6) is 0. The largest absolute Gasteiger partial charge is 0.379 e. The lowest BCUT2D eigenvalue weighted by Crippen LogP contribution is -2.46. The van der Waals surface area contributed by atoms with E-state index in [2.05, 4.69) is 28.4 Å². The summed E-state index contributed by atoms with van der Waals surface area (Å²) in [6.07, 6.45) is 0.951. The van der Waals surface area contributed by atoms with Gasteiger partial charge in [-0.05, 0) is 17.5 Å². The van der Waals surface area contributed by atoms with E-state index in [1.54, 1.807) is 0 Å². The second-order valence-electron chi connectivity index (χ2n) is 5.63. The third-order valence-electron chi connectivity index (χ3n) is 4.23. The summed E-state index contributed by atoms with van der Waals surface area (Å²) in [6, 6.07) is 8.43. The van der Waals surface area contributed by atoms with E-state index in [9.17, 15) is 4.79 Å². The molecule has 2 amide bonds. The van der Waals surface area contributed by atoms with Gasteiger partial charge in [-0.15, -0.1) is 0 Å². The van der Waals surface area contributed by atoms with Gasteiger partial charge in [0.1, 0.15) is 0 Å². The number of urea groups is 1. The van der Waals surface area contributed by atoms with Gasteiger partial charge in [0.15, 0.2) is 0 Å². The number of nitrogens with one attached hydrogen (secondary N) is 1. The molecule has 5 heteroatoms. The SMILES string of the molecule is O=C(NCCN1CCOCC1)N1CCc2ccccc2C1. The van der Waals surface area contributed by atoms with E-state index in [1.807, 2.05) is 11.0 Å². The van der Waals surface area contributed by atoms with Crippen molar-refractivity contribution in [1.82, 2.24) is 15.1 Å². The molecule has 1 N–H and O–H groups in total. The van der Waals surface area contributed by atoms with Crippen LogP contribution in [0.15, 0.2) is 24.3 Å². The van der Waals surface area contributed by atoms with Crippen LogP contribution in [0.2, 0.25) is 0 Å². The fourth-order valence-corrected chi connectivity index (χ4v) is 2.93. The summed E-state index contributed by atoms with van der Waals surface area (Å²) < 4.78 is 5.32. The Labute approximate surface area is 125 Å². The molecule has 0 bridgehead atoms. The van der Waals surface area contributed by atoms with Gasteiger partial charge in [-0.2, -0.15) is 0 Å². The molecule has 2 aliphatic heterocycles. The highest BCUT2D eigenvalue weighted by Crippen LogP contribution is 2.18. The van der Waals surface area contributed by atoms with Gasteiger partial charge < -0.3 is 15.0 Å². The van der Waals surface area contributed by atoms with Crippen LogP contribution in [0.5, 0.6) is 0 Å². The molecule has 2 heterocycles. The van der Waals surface area contributed by atoms with Crippen LogP contribution in [0.25, 0.3) is 0 Å². The molecule has 3 rings (SSSR count). The maximum atomic E-state index is 12.2. The minimum atomic E-state index is 0.0535. The highest BCUT2D eigenvalue weighted by molar-refractivity contribution is 5.74. The molecule has 114 valence electrons. The first-order chi connectivity index (χ1) is 10.3. The average molecular weight is 289 g/mol. The van der Waals surface area contributed by atoms with Crippen molar-refractivity contribution in [3.63, 3.8) is 0 Å². The zero-order valence-corrected chi connectivity index (χ0v) is 12.4. The van der Waals surface area contributed by atoms with E-state index >= 15 is 0 Å². The third kappa shape index (κ3) is 3.74. The van der Waals surface area contributed by atoms with Crippen molar-refractivity contribution < 1.29 is 9.53 Å². The van der Waals surface area contributed by atoms with E-state index < -0.39 is 0 Å². The van der Waals surface area contributed by atoms with Gasteiger partial charge in [0.2, 0.25) is 0 Å². The predicted molar refractivity (Wildman–Crippen MR) is 81.2 cm³/mol. The Bertz CT molecular complexity index is 486. The summed E-state index contributed by atoms with van der Waals surface area (Å²) >= 11 is 0. The smallest absolute Gasteiger partial charge is 0.317 e. The summed E-state index contributed by atoms with van der Waals surface area (Å²) in [6.45, 7) is 6.67. The minimum absolute atomic E-state index is 0.0535. The average Bonchev–Trinajstić information content (AvgIpc) is 2.55. The zero-order valence-electron chi connectivity index (χ0n) is 12.4. The summed E-state index contributed by atoms with van der Waals surface area (Å²) in [5.41, 5.74) is 2.64. The Balaban J connectivity index is 1.44. The van der Waals surface area contributed by atoms with E-state index in [-0.39, 0.29) is 6.03 Å². The number of rotatable bonds is 3. The third-order valence-corrected chi connectivity index (χ3v) is 4.23. The predicted octanol–water partition coefficient (Wildman–Crippen LogP) is 1.09. The van der Waals surface area contributed by atoms with Gasteiger partial charge in [-0.3, -0.25) is 4.90 Å². The Morgan fingerprint density at radius 1 is 1.14 bits per heavy atom.